The predicted octanol–water partition coefficient (Wildman–Crippen LogP) is 1.89. The quantitative estimate of drug-likeness (QED) is 0.837. The molecule has 2 saturated heterocycles. The van der Waals surface area contributed by atoms with Crippen LogP contribution in [0.2, 0.25) is 0 Å². The Bertz CT molecular complexity index is 508. The molecule has 0 aromatic heterocycles. The lowest BCUT2D eigenvalue weighted by Crippen LogP contribution is -2.37. The molecule has 1 amide bonds. The number of carbonyl (C=O) groups is 1. The van der Waals surface area contributed by atoms with Gasteiger partial charge in [-0.25, -0.2) is 0 Å². The first-order valence-electron chi connectivity index (χ1n) is 7.54. The molecule has 0 saturated carbocycles. The lowest BCUT2D eigenvalue weighted by atomic mass is 10.1. The highest BCUT2D eigenvalue weighted by Crippen LogP contribution is 2.23. The van der Waals surface area contributed by atoms with Crippen molar-refractivity contribution in [1.82, 2.24) is 9.80 Å². The molecule has 2 N–H and O–H groups in total. The van der Waals surface area contributed by atoms with E-state index in [1.54, 1.807) is 0 Å². The van der Waals surface area contributed by atoms with Crippen LogP contribution in [-0.2, 0) is 0 Å². The number of nitrogens with two attached hydrogens (primary N) is 1. The number of nitrogen functional groups attached to an aromatic ring is 1. The van der Waals surface area contributed by atoms with E-state index in [-0.39, 0.29) is 5.91 Å². The second-order valence-corrected chi connectivity index (χ2v) is 6.03. The van der Waals surface area contributed by atoms with E-state index in [1.807, 2.05) is 30.0 Å². The molecule has 4 nitrogen and oxygen atoms in total. The van der Waals surface area contributed by atoms with E-state index in [9.17, 15) is 4.79 Å². The molecule has 3 rings (SSSR count). The monoisotopic (exact) mass is 273 g/mol. The zero-order valence-corrected chi connectivity index (χ0v) is 12.1. The molecule has 1 aromatic rings. The van der Waals surface area contributed by atoms with Crippen molar-refractivity contribution in [3.8, 4) is 0 Å². The Balaban J connectivity index is 1.70. The van der Waals surface area contributed by atoms with Crippen LogP contribution in [0, 0.1) is 6.92 Å². The van der Waals surface area contributed by atoms with Crippen molar-refractivity contribution in [2.45, 2.75) is 32.2 Å². The highest BCUT2D eigenvalue weighted by molar-refractivity contribution is 5.99. The molecule has 20 heavy (non-hydrogen) atoms. The van der Waals surface area contributed by atoms with Gasteiger partial charge in [-0.3, -0.25) is 9.69 Å². The fraction of sp³-hybridized carbons (Fsp3) is 0.562. The topological polar surface area (TPSA) is 49.6 Å². The first kappa shape index (κ1) is 13.4. The number of carbonyl (C=O) groups excluding carboxylic acids is 1. The van der Waals surface area contributed by atoms with E-state index in [1.165, 1.54) is 25.9 Å². The van der Waals surface area contributed by atoms with Gasteiger partial charge in [-0.15, -0.1) is 0 Å². The minimum atomic E-state index is 0.0906. The molecule has 1 unspecified atom stereocenters. The standard InChI is InChI=1S/C16H23N3O/c1-12-4-5-15(17)14(10-12)16(20)19-9-6-13(11-19)18-7-2-3-8-18/h4-5,10,13H,2-3,6-9,11,17H2,1H3. The SMILES string of the molecule is Cc1ccc(N)c(C(=O)N2CCC(N3CCCC3)C2)c1. The van der Waals surface area contributed by atoms with Crippen molar-refractivity contribution < 1.29 is 4.79 Å². The van der Waals surface area contributed by atoms with Gasteiger partial charge in [0.15, 0.2) is 0 Å². The fourth-order valence-electron chi connectivity index (χ4n) is 3.36. The fourth-order valence-corrected chi connectivity index (χ4v) is 3.36. The molecule has 1 atom stereocenters. The smallest absolute Gasteiger partial charge is 0.256 e. The maximum absolute atomic E-state index is 12.6. The lowest BCUT2D eigenvalue weighted by molar-refractivity contribution is 0.0781. The summed E-state index contributed by atoms with van der Waals surface area (Å²) < 4.78 is 0. The number of anilines is 1. The number of benzene rings is 1. The Hall–Kier alpha value is -1.55. The average Bonchev–Trinajstić information content (AvgIpc) is 3.10. The average molecular weight is 273 g/mol. The van der Waals surface area contributed by atoms with Gasteiger partial charge in [0.2, 0.25) is 0 Å². The van der Waals surface area contributed by atoms with Crippen LogP contribution in [-0.4, -0.2) is 47.9 Å². The Morgan fingerprint density at radius 3 is 2.75 bits per heavy atom. The van der Waals surface area contributed by atoms with E-state index in [2.05, 4.69) is 4.90 Å². The molecular formula is C16H23N3O. The Labute approximate surface area is 120 Å². The summed E-state index contributed by atoms with van der Waals surface area (Å²) in [7, 11) is 0. The molecule has 4 heteroatoms. The summed E-state index contributed by atoms with van der Waals surface area (Å²) in [5.41, 5.74) is 8.29. The summed E-state index contributed by atoms with van der Waals surface area (Å²) >= 11 is 0. The number of hydrogen-bond acceptors (Lipinski definition) is 3. The third-order valence-corrected chi connectivity index (χ3v) is 4.55. The molecule has 0 spiro atoms. The highest BCUT2D eigenvalue weighted by Gasteiger charge is 2.32. The largest absolute Gasteiger partial charge is 0.398 e. The van der Waals surface area contributed by atoms with Crippen LogP contribution in [0.15, 0.2) is 18.2 Å². The van der Waals surface area contributed by atoms with Gasteiger partial charge in [0.25, 0.3) is 5.91 Å². The van der Waals surface area contributed by atoms with Gasteiger partial charge < -0.3 is 10.6 Å². The summed E-state index contributed by atoms with van der Waals surface area (Å²) in [6, 6.07) is 6.23. The highest BCUT2D eigenvalue weighted by atomic mass is 16.2. The van der Waals surface area contributed by atoms with Crippen LogP contribution in [0.5, 0.6) is 0 Å². The lowest BCUT2D eigenvalue weighted by Gasteiger charge is -2.24. The van der Waals surface area contributed by atoms with E-state index in [0.717, 1.165) is 25.1 Å². The number of amides is 1. The van der Waals surface area contributed by atoms with Crippen molar-refractivity contribution >= 4 is 11.6 Å². The minimum absolute atomic E-state index is 0.0906. The Kier molecular flexibility index (Phi) is 3.66. The zero-order valence-electron chi connectivity index (χ0n) is 12.1. The molecule has 2 aliphatic rings. The van der Waals surface area contributed by atoms with Crippen LogP contribution in [0.4, 0.5) is 5.69 Å². The molecule has 1 aromatic carbocycles. The van der Waals surface area contributed by atoms with E-state index >= 15 is 0 Å². The number of likely N-dealkylation sites (tertiary alicyclic amines) is 2. The Morgan fingerprint density at radius 2 is 2.00 bits per heavy atom. The molecule has 2 heterocycles. The maximum atomic E-state index is 12.6. The second kappa shape index (κ2) is 5.44. The summed E-state index contributed by atoms with van der Waals surface area (Å²) in [5, 5.41) is 0. The van der Waals surface area contributed by atoms with Crippen LogP contribution in [0.25, 0.3) is 0 Å². The van der Waals surface area contributed by atoms with E-state index in [0.29, 0.717) is 17.3 Å². The van der Waals surface area contributed by atoms with Crippen molar-refractivity contribution in [1.29, 1.82) is 0 Å². The molecular weight excluding hydrogens is 250 g/mol. The third-order valence-electron chi connectivity index (χ3n) is 4.55. The summed E-state index contributed by atoms with van der Waals surface area (Å²) in [6.45, 7) is 6.09. The molecule has 0 bridgehead atoms. The summed E-state index contributed by atoms with van der Waals surface area (Å²) in [5.74, 6) is 0.0906. The summed E-state index contributed by atoms with van der Waals surface area (Å²) in [4.78, 5) is 17.1. The van der Waals surface area contributed by atoms with Gasteiger partial charge in [0.05, 0.1) is 5.56 Å². The first-order chi connectivity index (χ1) is 9.65. The molecule has 108 valence electrons. The Morgan fingerprint density at radius 1 is 1.25 bits per heavy atom. The van der Waals surface area contributed by atoms with Crippen LogP contribution < -0.4 is 5.73 Å². The van der Waals surface area contributed by atoms with Crippen molar-refractivity contribution in [2.24, 2.45) is 0 Å². The van der Waals surface area contributed by atoms with E-state index < -0.39 is 0 Å². The molecule has 2 fully saturated rings. The molecule has 0 radical (unpaired) electrons. The zero-order chi connectivity index (χ0) is 14.1. The van der Waals surface area contributed by atoms with Gasteiger partial charge in [-0.1, -0.05) is 11.6 Å². The number of rotatable bonds is 2. The van der Waals surface area contributed by atoms with Gasteiger partial charge in [-0.05, 0) is 51.4 Å². The number of nitrogens with zero attached hydrogens (tertiary/aromatic N) is 2. The van der Waals surface area contributed by atoms with Gasteiger partial charge in [0.1, 0.15) is 0 Å². The predicted molar refractivity (Wildman–Crippen MR) is 80.7 cm³/mol. The van der Waals surface area contributed by atoms with Crippen molar-refractivity contribution in [3.05, 3.63) is 29.3 Å². The summed E-state index contributed by atoms with van der Waals surface area (Å²) in [6.07, 6.45) is 3.70. The second-order valence-electron chi connectivity index (χ2n) is 6.03. The maximum Gasteiger partial charge on any atom is 0.256 e. The molecule has 2 aliphatic heterocycles. The first-order valence-corrected chi connectivity index (χ1v) is 7.54. The molecule has 0 aliphatic carbocycles. The van der Waals surface area contributed by atoms with Crippen LogP contribution in [0.1, 0.15) is 35.2 Å². The third kappa shape index (κ3) is 2.52. The van der Waals surface area contributed by atoms with Gasteiger partial charge in [-0.2, -0.15) is 0 Å². The van der Waals surface area contributed by atoms with Crippen molar-refractivity contribution in [3.63, 3.8) is 0 Å². The normalized spacial score (nSPS) is 23.4. The van der Waals surface area contributed by atoms with Gasteiger partial charge in [0, 0.05) is 24.8 Å². The van der Waals surface area contributed by atoms with Crippen molar-refractivity contribution in [2.75, 3.05) is 31.9 Å². The number of hydrogen-bond donors (Lipinski definition) is 1. The van der Waals surface area contributed by atoms with Gasteiger partial charge >= 0.3 is 0 Å². The van der Waals surface area contributed by atoms with E-state index in [4.69, 9.17) is 5.73 Å². The minimum Gasteiger partial charge on any atom is -0.398 e. The van der Waals surface area contributed by atoms with Crippen LogP contribution >= 0.6 is 0 Å². The number of aryl methyl sites for hydroxylation is 1. The van der Waals surface area contributed by atoms with Crippen LogP contribution in [0.3, 0.4) is 0 Å².